The summed E-state index contributed by atoms with van der Waals surface area (Å²) in [5, 5.41) is 7.31. The quantitative estimate of drug-likeness (QED) is 0.466. The Kier molecular flexibility index (Phi) is 8.60. The van der Waals surface area contributed by atoms with Gasteiger partial charge in [0.15, 0.2) is 5.69 Å². The SMILES string of the molecule is FC(F)(F)c1nc(CCCN2CCC3=C(Cc4ccc(Cl)cc43)C2CN2CCC2)ccc1Cl.O=CO. The van der Waals surface area contributed by atoms with Gasteiger partial charge in [-0.15, -0.1) is 0 Å². The Hall–Kier alpha value is -2.13. The standard InChI is InChI=1S/C25H26Cl2F3N3.CH2O2/c26-17-5-4-16-13-21-19(20(16)14-17)8-12-33(23(21)15-32-9-2-10-32)11-1-3-18-6-7-22(27)24(31-18)25(28,29)30;2-1-3/h4-7,14,23H,1-3,8-13,15H2;1H,(H,2,3). The highest BCUT2D eigenvalue weighted by atomic mass is 35.5. The summed E-state index contributed by atoms with van der Waals surface area (Å²) in [6.45, 7) is 4.82. The maximum atomic E-state index is 13.1. The molecule has 5 nitrogen and oxygen atoms in total. The molecule has 36 heavy (non-hydrogen) atoms. The van der Waals surface area contributed by atoms with Gasteiger partial charge in [-0.1, -0.05) is 29.3 Å². The average molecular weight is 542 g/mol. The number of alkyl halides is 3. The van der Waals surface area contributed by atoms with Gasteiger partial charge in [0.1, 0.15) is 0 Å². The van der Waals surface area contributed by atoms with Crippen molar-refractivity contribution in [3.05, 3.63) is 68.5 Å². The lowest BCUT2D eigenvalue weighted by atomic mass is 9.91. The molecule has 1 unspecified atom stereocenters. The number of hydrogen-bond donors (Lipinski definition) is 1. The van der Waals surface area contributed by atoms with Crippen LogP contribution >= 0.6 is 23.2 Å². The van der Waals surface area contributed by atoms with Crippen molar-refractivity contribution in [2.24, 2.45) is 0 Å². The molecule has 0 amide bonds. The van der Waals surface area contributed by atoms with Gasteiger partial charge in [0.25, 0.3) is 6.47 Å². The van der Waals surface area contributed by atoms with E-state index < -0.39 is 11.9 Å². The van der Waals surface area contributed by atoms with E-state index in [2.05, 4.69) is 26.9 Å². The Labute approximate surface area is 218 Å². The van der Waals surface area contributed by atoms with E-state index in [-0.39, 0.29) is 11.5 Å². The van der Waals surface area contributed by atoms with Crippen LogP contribution in [0.25, 0.3) is 5.57 Å². The summed E-state index contributed by atoms with van der Waals surface area (Å²) in [5.74, 6) is 0. The topological polar surface area (TPSA) is 56.7 Å². The molecule has 1 saturated heterocycles. The smallest absolute Gasteiger partial charge is 0.434 e. The van der Waals surface area contributed by atoms with Crippen LogP contribution in [-0.2, 0) is 23.8 Å². The van der Waals surface area contributed by atoms with E-state index in [1.807, 2.05) is 6.07 Å². The lowest BCUT2D eigenvalue weighted by molar-refractivity contribution is -0.141. The fraction of sp³-hybridized carbons (Fsp3) is 0.462. The minimum atomic E-state index is -4.54. The van der Waals surface area contributed by atoms with Gasteiger partial charge >= 0.3 is 6.18 Å². The largest absolute Gasteiger partial charge is 0.483 e. The number of pyridine rings is 1. The van der Waals surface area contributed by atoms with Crippen molar-refractivity contribution in [3.63, 3.8) is 0 Å². The molecule has 1 aromatic carbocycles. The molecule has 0 radical (unpaired) electrons. The number of aryl methyl sites for hydroxylation is 1. The molecule has 3 aliphatic rings. The lowest BCUT2D eigenvalue weighted by Gasteiger charge is -2.42. The zero-order chi connectivity index (χ0) is 25.9. The first-order chi connectivity index (χ1) is 17.2. The van der Waals surface area contributed by atoms with E-state index in [1.54, 1.807) is 6.07 Å². The summed E-state index contributed by atoms with van der Waals surface area (Å²) in [5.41, 5.74) is 5.04. The number of rotatable bonds is 6. The van der Waals surface area contributed by atoms with Crippen molar-refractivity contribution >= 4 is 35.2 Å². The van der Waals surface area contributed by atoms with E-state index in [9.17, 15) is 13.2 Å². The first-order valence-corrected chi connectivity index (χ1v) is 12.7. The van der Waals surface area contributed by atoms with E-state index >= 15 is 0 Å². The first-order valence-electron chi connectivity index (χ1n) is 12.0. The minimum Gasteiger partial charge on any atom is -0.483 e. The molecular formula is C26H28Cl2F3N3O2. The minimum absolute atomic E-state index is 0.250. The highest BCUT2D eigenvalue weighted by Gasteiger charge is 2.37. The van der Waals surface area contributed by atoms with Crippen LogP contribution in [0.4, 0.5) is 13.2 Å². The molecule has 1 aliphatic carbocycles. The molecule has 1 N–H and O–H groups in total. The fourth-order valence-corrected chi connectivity index (χ4v) is 5.68. The van der Waals surface area contributed by atoms with Crippen LogP contribution in [0.5, 0.6) is 0 Å². The van der Waals surface area contributed by atoms with Gasteiger partial charge in [0.2, 0.25) is 0 Å². The van der Waals surface area contributed by atoms with Crippen LogP contribution in [0.15, 0.2) is 35.9 Å². The number of halogens is 5. The maximum Gasteiger partial charge on any atom is 0.434 e. The molecule has 1 fully saturated rings. The van der Waals surface area contributed by atoms with Gasteiger partial charge in [-0.05, 0) is 98.3 Å². The van der Waals surface area contributed by atoms with E-state index in [4.69, 9.17) is 33.1 Å². The Morgan fingerprint density at radius 2 is 1.89 bits per heavy atom. The van der Waals surface area contributed by atoms with Crippen LogP contribution in [0, 0.1) is 0 Å². The van der Waals surface area contributed by atoms with Crippen molar-refractivity contribution in [1.82, 2.24) is 14.8 Å². The second-order valence-electron chi connectivity index (χ2n) is 9.28. The molecule has 2 aromatic rings. The summed E-state index contributed by atoms with van der Waals surface area (Å²) in [6, 6.07) is 9.45. The van der Waals surface area contributed by atoms with Crippen molar-refractivity contribution in [2.45, 2.75) is 44.3 Å². The molecule has 5 rings (SSSR count). The Balaban J connectivity index is 0.000000967. The highest BCUT2D eigenvalue weighted by molar-refractivity contribution is 6.31. The molecule has 10 heteroatoms. The number of carboxylic acid groups (broad SMARTS) is 1. The van der Waals surface area contributed by atoms with Crippen LogP contribution < -0.4 is 0 Å². The molecule has 1 atom stereocenters. The lowest BCUT2D eigenvalue weighted by Crippen LogP contribution is -2.51. The zero-order valence-corrected chi connectivity index (χ0v) is 21.2. The molecule has 3 heterocycles. The molecule has 0 saturated carbocycles. The summed E-state index contributed by atoms with van der Waals surface area (Å²) in [4.78, 5) is 17.2. The van der Waals surface area contributed by atoms with Crippen LogP contribution in [-0.4, -0.2) is 65.1 Å². The number of carbonyl (C=O) groups is 1. The van der Waals surface area contributed by atoms with E-state index in [0.717, 1.165) is 57.0 Å². The number of benzene rings is 1. The van der Waals surface area contributed by atoms with E-state index in [0.29, 0.717) is 18.2 Å². The first kappa shape index (κ1) is 26.9. The van der Waals surface area contributed by atoms with Gasteiger partial charge in [0, 0.05) is 29.8 Å². The van der Waals surface area contributed by atoms with Crippen molar-refractivity contribution < 1.29 is 23.1 Å². The molecule has 0 bridgehead atoms. The fourth-order valence-electron chi connectivity index (χ4n) is 5.30. The summed E-state index contributed by atoms with van der Waals surface area (Å²) < 4.78 is 39.4. The molecule has 194 valence electrons. The molecule has 0 spiro atoms. The predicted molar refractivity (Wildman–Crippen MR) is 134 cm³/mol. The maximum absolute atomic E-state index is 13.1. The van der Waals surface area contributed by atoms with Crippen molar-refractivity contribution in [2.75, 3.05) is 32.7 Å². The number of fused-ring (bicyclic) bond motifs is 2. The second kappa shape index (κ2) is 11.5. The molecular weight excluding hydrogens is 514 g/mol. The van der Waals surface area contributed by atoms with Gasteiger partial charge in [0.05, 0.1) is 5.02 Å². The van der Waals surface area contributed by atoms with Crippen molar-refractivity contribution in [1.29, 1.82) is 0 Å². The Morgan fingerprint density at radius 3 is 2.56 bits per heavy atom. The van der Waals surface area contributed by atoms with Gasteiger partial charge in [-0.25, -0.2) is 4.98 Å². The molecule has 1 aromatic heterocycles. The highest BCUT2D eigenvalue weighted by Crippen LogP contribution is 2.42. The van der Waals surface area contributed by atoms with Gasteiger partial charge in [-0.2, -0.15) is 13.2 Å². The van der Waals surface area contributed by atoms with Gasteiger partial charge < -0.3 is 10.0 Å². The number of hydrogen-bond acceptors (Lipinski definition) is 4. The summed E-state index contributed by atoms with van der Waals surface area (Å²) >= 11 is 12.0. The average Bonchev–Trinajstić information content (AvgIpc) is 3.15. The van der Waals surface area contributed by atoms with Crippen LogP contribution in [0.2, 0.25) is 10.0 Å². The van der Waals surface area contributed by atoms with Crippen LogP contribution in [0.3, 0.4) is 0 Å². The monoisotopic (exact) mass is 541 g/mol. The Morgan fingerprint density at radius 1 is 1.14 bits per heavy atom. The third-order valence-corrected chi connectivity index (χ3v) is 7.63. The normalized spacial score (nSPS) is 19.8. The third-order valence-electron chi connectivity index (χ3n) is 7.09. The summed E-state index contributed by atoms with van der Waals surface area (Å²) in [7, 11) is 0. The summed E-state index contributed by atoms with van der Waals surface area (Å²) in [6.07, 6.45) is -0.0936. The van der Waals surface area contributed by atoms with Gasteiger partial charge in [-0.3, -0.25) is 9.69 Å². The van der Waals surface area contributed by atoms with Crippen LogP contribution in [0.1, 0.15) is 41.8 Å². The van der Waals surface area contributed by atoms with E-state index in [1.165, 1.54) is 34.8 Å². The zero-order valence-electron chi connectivity index (χ0n) is 19.7. The number of aromatic nitrogens is 1. The number of likely N-dealkylation sites (tertiary alicyclic amines) is 1. The number of nitrogens with zero attached hydrogens (tertiary/aromatic N) is 3. The predicted octanol–water partition coefficient (Wildman–Crippen LogP) is 5.83. The van der Waals surface area contributed by atoms with Crippen molar-refractivity contribution in [3.8, 4) is 0 Å². The second-order valence-corrected chi connectivity index (χ2v) is 10.1. The third kappa shape index (κ3) is 6.05. The molecule has 2 aliphatic heterocycles. The Bertz CT molecular complexity index is 1140.